The van der Waals surface area contributed by atoms with Crippen molar-refractivity contribution in [3.05, 3.63) is 42.5 Å². The highest BCUT2D eigenvalue weighted by Gasteiger charge is 2.12. The Balaban J connectivity index is 1.99. The highest BCUT2D eigenvalue weighted by molar-refractivity contribution is 5.96. The van der Waals surface area contributed by atoms with Gasteiger partial charge >= 0.3 is 5.97 Å². The van der Waals surface area contributed by atoms with Gasteiger partial charge in [-0.1, -0.05) is 18.2 Å². The van der Waals surface area contributed by atoms with Gasteiger partial charge in [-0.3, -0.25) is 4.79 Å². The smallest absolute Gasteiger partial charge is 0.305 e. The molecule has 0 bridgehead atoms. The maximum atomic E-state index is 10.6. The van der Waals surface area contributed by atoms with Crippen LogP contribution in [-0.2, 0) is 11.3 Å². The van der Waals surface area contributed by atoms with Crippen molar-refractivity contribution < 1.29 is 9.90 Å². The van der Waals surface area contributed by atoms with Gasteiger partial charge in [-0.25, -0.2) is 4.98 Å². The highest BCUT2D eigenvalue weighted by Crippen LogP contribution is 2.30. The van der Waals surface area contributed by atoms with Crippen LogP contribution >= 0.6 is 0 Å². The summed E-state index contributed by atoms with van der Waals surface area (Å²) in [5, 5.41) is 9.85. The molecule has 3 aromatic rings. The van der Waals surface area contributed by atoms with E-state index in [9.17, 15) is 4.79 Å². The molecule has 0 spiro atoms. The minimum Gasteiger partial charge on any atom is -0.481 e. The van der Waals surface area contributed by atoms with E-state index in [2.05, 4.69) is 16.0 Å². The lowest BCUT2D eigenvalue weighted by atomic mass is 10.1. The Kier molecular flexibility index (Phi) is 3.02. The fraction of sp³-hybridized carbons (Fsp3) is 0.200. The fourth-order valence-corrected chi connectivity index (χ4v) is 2.44. The molecule has 0 aliphatic carbocycles. The molecule has 0 unspecified atom stereocenters. The summed E-state index contributed by atoms with van der Waals surface area (Å²) in [6, 6.07) is 8.09. The molecule has 2 aromatic heterocycles. The van der Waals surface area contributed by atoms with Crippen LogP contribution in [0.25, 0.3) is 22.2 Å². The number of aromatic nitrogens is 3. The maximum absolute atomic E-state index is 10.6. The second-order valence-electron chi connectivity index (χ2n) is 4.81. The number of aliphatic carboxylic acids is 1. The van der Waals surface area contributed by atoms with E-state index in [1.54, 1.807) is 6.33 Å². The molecule has 0 aliphatic rings. The number of carboxylic acids is 1. The molecule has 0 saturated carbocycles. The second-order valence-corrected chi connectivity index (χ2v) is 4.81. The molecule has 0 saturated heterocycles. The van der Waals surface area contributed by atoms with Crippen molar-refractivity contribution in [2.75, 3.05) is 0 Å². The van der Waals surface area contributed by atoms with Crippen molar-refractivity contribution in [1.82, 2.24) is 14.5 Å². The Morgan fingerprint density at radius 3 is 3.00 bits per heavy atom. The lowest BCUT2D eigenvalue weighted by Crippen LogP contribution is -2.02. The molecule has 0 aliphatic heterocycles. The Hall–Kier alpha value is -2.56. The van der Waals surface area contributed by atoms with Crippen molar-refractivity contribution in [2.45, 2.75) is 19.9 Å². The van der Waals surface area contributed by atoms with Crippen LogP contribution < -0.4 is 0 Å². The Morgan fingerprint density at radius 1 is 1.40 bits per heavy atom. The second kappa shape index (κ2) is 4.85. The van der Waals surface area contributed by atoms with Crippen LogP contribution in [0.3, 0.4) is 0 Å². The third-order valence-corrected chi connectivity index (χ3v) is 3.37. The van der Waals surface area contributed by atoms with E-state index in [0.717, 1.165) is 27.9 Å². The Morgan fingerprint density at radius 2 is 2.20 bits per heavy atom. The van der Waals surface area contributed by atoms with Gasteiger partial charge in [-0.15, -0.1) is 0 Å². The molecule has 5 heteroatoms. The van der Waals surface area contributed by atoms with Crippen molar-refractivity contribution >= 4 is 16.9 Å². The van der Waals surface area contributed by atoms with Crippen LogP contribution in [0.2, 0.25) is 0 Å². The number of carbonyl (C=O) groups is 1. The summed E-state index contributed by atoms with van der Waals surface area (Å²) in [6.07, 6.45) is 3.67. The van der Waals surface area contributed by atoms with E-state index < -0.39 is 5.97 Å². The number of carboxylic acid groups (broad SMARTS) is 1. The first-order valence-electron chi connectivity index (χ1n) is 6.46. The largest absolute Gasteiger partial charge is 0.481 e. The predicted molar refractivity (Wildman–Crippen MR) is 76.5 cm³/mol. The van der Waals surface area contributed by atoms with Gasteiger partial charge in [-0.05, 0) is 13.0 Å². The molecular weight excluding hydrogens is 254 g/mol. The van der Waals surface area contributed by atoms with E-state index in [1.807, 2.05) is 35.9 Å². The van der Waals surface area contributed by atoms with E-state index in [4.69, 9.17) is 5.11 Å². The number of nitrogens with one attached hydrogen (secondary N) is 1. The summed E-state index contributed by atoms with van der Waals surface area (Å²) < 4.78 is 1.81. The van der Waals surface area contributed by atoms with Crippen LogP contribution in [0.1, 0.15) is 12.1 Å². The van der Waals surface area contributed by atoms with Gasteiger partial charge in [0.05, 0.1) is 18.4 Å². The summed E-state index contributed by atoms with van der Waals surface area (Å²) in [6.45, 7) is 2.45. The molecule has 102 valence electrons. The van der Waals surface area contributed by atoms with E-state index in [-0.39, 0.29) is 6.42 Å². The predicted octanol–water partition coefficient (Wildman–Crippen LogP) is 2.81. The van der Waals surface area contributed by atoms with Crippen LogP contribution in [-0.4, -0.2) is 25.6 Å². The summed E-state index contributed by atoms with van der Waals surface area (Å²) in [7, 11) is 0. The number of hydrogen-bond donors (Lipinski definition) is 2. The van der Waals surface area contributed by atoms with Gasteiger partial charge in [0.25, 0.3) is 0 Å². The monoisotopic (exact) mass is 269 g/mol. The minimum absolute atomic E-state index is 0.0999. The third kappa shape index (κ3) is 2.18. The number of benzene rings is 1. The Labute approximate surface area is 115 Å². The van der Waals surface area contributed by atoms with Crippen LogP contribution in [0.4, 0.5) is 0 Å². The first-order valence-corrected chi connectivity index (χ1v) is 6.46. The SMILES string of the molecule is Cc1[nH]c2ccccc2c1-c1cn(CCC(=O)O)cn1. The molecule has 0 atom stereocenters. The lowest BCUT2D eigenvalue weighted by molar-refractivity contribution is -0.137. The average molecular weight is 269 g/mol. The molecule has 0 amide bonds. The topological polar surface area (TPSA) is 70.9 Å². The molecular formula is C15H15N3O2. The molecule has 2 N–H and O–H groups in total. The normalized spacial score (nSPS) is 11.1. The molecule has 20 heavy (non-hydrogen) atoms. The van der Waals surface area contributed by atoms with Gasteiger partial charge in [0, 0.05) is 34.9 Å². The molecule has 0 fully saturated rings. The summed E-state index contributed by atoms with van der Waals surface area (Å²) >= 11 is 0. The third-order valence-electron chi connectivity index (χ3n) is 3.37. The minimum atomic E-state index is -0.802. The molecule has 5 nitrogen and oxygen atoms in total. The van der Waals surface area contributed by atoms with E-state index in [1.165, 1.54) is 0 Å². The van der Waals surface area contributed by atoms with Crippen LogP contribution in [0.5, 0.6) is 0 Å². The van der Waals surface area contributed by atoms with Crippen LogP contribution in [0.15, 0.2) is 36.8 Å². The number of nitrogens with zero attached hydrogens (tertiary/aromatic N) is 2. The van der Waals surface area contributed by atoms with E-state index >= 15 is 0 Å². The zero-order valence-corrected chi connectivity index (χ0v) is 11.1. The summed E-state index contributed by atoms with van der Waals surface area (Å²) in [5.41, 5.74) is 4.09. The molecule has 2 heterocycles. The zero-order valence-electron chi connectivity index (χ0n) is 11.1. The van der Waals surface area contributed by atoms with Crippen LogP contribution in [0, 0.1) is 6.92 Å². The van der Waals surface area contributed by atoms with Gasteiger partial charge < -0.3 is 14.7 Å². The quantitative estimate of drug-likeness (QED) is 0.765. The number of aryl methyl sites for hydroxylation is 2. The summed E-state index contributed by atoms with van der Waals surface area (Å²) in [5.74, 6) is -0.802. The fourth-order valence-electron chi connectivity index (χ4n) is 2.44. The number of rotatable bonds is 4. The van der Waals surface area contributed by atoms with Gasteiger partial charge in [0.2, 0.25) is 0 Å². The molecule has 3 rings (SSSR count). The van der Waals surface area contributed by atoms with Crippen molar-refractivity contribution in [1.29, 1.82) is 0 Å². The molecule has 0 radical (unpaired) electrons. The van der Waals surface area contributed by atoms with Crippen molar-refractivity contribution in [2.24, 2.45) is 0 Å². The highest BCUT2D eigenvalue weighted by atomic mass is 16.4. The van der Waals surface area contributed by atoms with Crippen molar-refractivity contribution in [3.63, 3.8) is 0 Å². The van der Waals surface area contributed by atoms with Crippen molar-refractivity contribution in [3.8, 4) is 11.3 Å². The number of hydrogen-bond acceptors (Lipinski definition) is 2. The van der Waals surface area contributed by atoms with Gasteiger partial charge in [-0.2, -0.15) is 0 Å². The van der Waals surface area contributed by atoms with Gasteiger partial charge in [0.1, 0.15) is 0 Å². The zero-order chi connectivity index (χ0) is 14.1. The van der Waals surface area contributed by atoms with Gasteiger partial charge in [0.15, 0.2) is 0 Å². The standard InChI is InChI=1S/C15H15N3O2/c1-10-15(11-4-2-3-5-12(11)17-10)13-8-18(9-16-13)7-6-14(19)20/h2-5,8-9,17H,6-7H2,1H3,(H,19,20). The maximum Gasteiger partial charge on any atom is 0.305 e. The number of para-hydroxylation sites is 1. The number of imidazole rings is 1. The molecule has 1 aromatic carbocycles. The Bertz CT molecular complexity index is 770. The lowest BCUT2D eigenvalue weighted by Gasteiger charge is -1.98. The van der Waals surface area contributed by atoms with E-state index in [0.29, 0.717) is 6.54 Å². The number of fused-ring (bicyclic) bond motifs is 1. The average Bonchev–Trinajstić information content (AvgIpc) is 2.99. The summed E-state index contributed by atoms with van der Waals surface area (Å²) in [4.78, 5) is 18.3. The first kappa shape index (κ1) is 12.5. The number of aromatic amines is 1. The first-order chi connectivity index (χ1) is 9.65. The number of H-pyrrole nitrogens is 1.